The lowest BCUT2D eigenvalue weighted by Crippen LogP contribution is -2.13. The average molecular weight is 246 g/mol. The SMILES string of the molecule is COCCOCCC(O)CCCC1CCCO1. The maximum Gasteiger partial charge on any atom is 0.0700 e. The van der Waals surface area contributed by atoms with Crippen LogP contribution in [0.5, 0.6) is 0 Å². The maximum absolute atomic E-state index is 9.73. The zero-order valence-corrected chi connectivity index (χ0v) is 10.9. The number of aliphatic hydroxyl groups excluding tert-OH is 1. The van der Waals surface area contributed by atoms with Crippen LogP contribution < -0.4 is 0 Å². The minimum Gasteiger partial charge on any atom is -0.393 e. The Morgan fingerprint density at radius 2 is 2.18 bits per heavy atom. The van der Waals surface area contributed by atoms with E-state index in [-0.39, 0.29) is 6.10 Å². The molecule has 4 heteroatoms. The minimum absolute atomic E-state index is 0.237. The van der Waals surface area contributed by atoms with Gasteiger partial charge in [0.1, 0.15) is 0 Å². The molecule has 0 aliphatic carbocycles. The largest absolute Gasteiger partial charge is 0.393 e. The molecule has 0 aromatic carbocycles. The third-order valence-corrected chi connectivity index (χ3v) is 3.11. The summed E-state index contributed by atoms with van der Waals surface area (Å²) in [7, 11) is 1.66. The molecule has 1 rings (SSSR count). The Labute approximate surface area is 104 Å². The van der Waals surface area contributed by atoms with Crippen LogP contribution in [0.3, 0.4) is 0 Å². The van der Waals surface area contributed by atoms with E-state index in [1.165, 1.54) is 12.8 Å². The third kappa shape index (κ3) is 7.71. The van der Waals surface area contributed by atoms with Crippen LogP contribution in [-0.2, 0) is 14.2 Å². The van der Waals surface area contributed by atoms with Crippen molar-refractivity contribution in [2.75, 3.05) is 33.5 Å². The first-order valence-electron chi connectivity index (χ1n) is 6.69. The molecule has 1 N–H and O–H groups in total. The van der Waals surface area contributed by atoms with Gasteiger partial charge in [0, 0.05) is 20.3 Å². The standard InChI is InChI=1S/C13H26O4/c1-15-10-11-16-9-7-12(14)4-2-5-13-6-3-8-17-13/h12-14H,2-11H2,1H3. The highest BCUT2D eigenvalue weighted by atomic mass is 16.5. The van der Waals surface area contributed by atoms with E-state index in [2.05, 4.69) is 0 Å². The van der Waals surface area contributed by atoms with Gasteiger partial charge in [0.25, 0.3) is 0 Å². The van der Waals surface area contributed by atoms with E-state index in [1.54, 1.807) is 7.11 Å². The van der Waals surface area contributed by atoms with Crippen molar-refractivity contribution in [2.45, 2.75) is 50.7 Å². The fraction of sp³-hybridized carbons (Fsp3) is 1.00. The summed E-state index contributed by atoms with van der Waals surface area (Å²) < 4.78 is 15.7. The highest BCUT2D eigenvalue weighted by Crippen LogP contribution is 2.18. The molecule has 0 aromatic rings. The summed E-state index contributed by atoms with van der Waals surface area (Å²) >= 11 is 0. The van der Waals surface area contributed by atoms with Crippen molar-refractivity contribution in [3.05, 3.63) is 0 Å². The molecule has 102 valence electrons. The highest BCUT2D eigenvalue weighted by Gasteiger charge is 2.15. The number of methoxy groups -OCH3 is 1. The molecule has 1 aliphatic rings. The Balaban J connectivity index is 1.84. The van der Waals surface area contributed by atoms with Gasteiger partial charge in [-0.2, -0.15) is 0 Å². The Morgan fingerprint density at radius 1 is 1.29 bits per heavy atom. The second-order valence-corrected chi connectivity index (χ2v) is 4.61. The molecule has 2 unspecified atom stereocenters. The average Bonchev–Trinajstić information content (AvgIpc) is 2.82. The molecule has 0 aromatic heterocycles. The first-order chi connectivity index (χ1) is 8.33. The van der Waals surface area contributed by atoms with Crippen LogP contribution in [0, 0.1) is 0 Å². The number of ether oxygens (including phenoxy) is 3. The Kier molecular flexibility index (Phi) is 8.61. The van der Waals surface area contributed by atoms with Crippen LogP contribution in [0.4, 0.5) is 0 Å². The van der Waals surface area contributed by atoms with Gasteiger partial charge in [0.05, 0.1) is 25.4 Å². The van der Waals surface area contributed by atoms with E-state index >= 15 is 0 Å². The van der Waals surface area contributed by atoms with Gasteiger partial charge >= 0.3 is 0 Å². The van der Waals surface area contributed by atoms with Crippen LogP contribution in [0.2, 0.25) is 0 Å². The predicted molar refractivity (Wildman–Crippen MR) is 66.1 cm³/mol. The smallest absolute Gasteiger partial charge is 0.0700 e. The Morgan fingerprint density at radius 3 is 2.88 bits per heavy atom. The lowest BCUT2D eigenvalue weighted by molar-refractivity contribution is 0.0435. The fourth-order valence-corrected chi connectivity index (χ4v) is 2.06. The summed E-state index contributed by atoms with van der Waals surface area (Å²) in [6, 6.07) is 0. The predicted octanol–water partition coefficient (Wildman–Crippen LogP) is 1.75. The number of hydrogen-bond acceptors (Lipinski definition) is 4. The van der Waals surface area contributed by atoms with Crippen molar-refractivity contribution in [1.82, 2.24) is 0 Å². The number of hydrogen-bond donors (Lipinski definition) is 1. The summed E-state index contributed by atoms with van der Waals surface area (Å²) in [4.78, 5) is 0. The summed E-state index contributed by atoms with van der Waals surface area (Å²) in [6.07, 6.45) is 6.30. The minimum atomic E-state index is -0.237. The fourth-order valence-electron chi connectivity index (χ4n) is 2.06. The van der Waals surface area contributed by atoms with E-state index < -0.39 is 0 Å². The third-order valence-electron chi connectivity index (χ3n) is 3.11. The van der Waals surface area contributed by atoms with Crippen molar-refractivity contribution < 1.29 is 19.3 Å². The maximum atomic E-state index is 9.73. The summed E-state index contributed by atoms with van der Waals surface area (Å²) in [5, 5.41) is 9.73. The van der Waals surface area contributed by atoms with Crippen LogP contribution in [-0.4, -0.2) is 50.9 Å². The molecule has 0 bridgehead atoms. The lowest BCUT2D eigenvalue weighted by atomic mass is 10.1. The number of rotatable bonds is 10. The quantitative estimate of drug-likeness (QED) is 0.597. The molecule has 1 saturated heterocycles. The molecule has 1 fully saturated rings. The summed E-state index contributed by atoms with van der Waals surface area (Å²) in [5.41, 5.74) is 0. The van der Waals surface area contributed by atoms with E-state index in [0.717, 1.165) is 32.3 Å². The van der Waals surface area contributed by atoms with Gasteiger partial charge < -0.3 is 19.3 Å². The normalized spacial score (nSPS) is 21.9. The van der Waals surface area contributed by atoms with Gasteiger partial charge in [-0.1, -0.05) is 0 Å². The van der Waals surface area contributed by atoms with E-state index in [9.17, 15) is 5.11 Å². The van der Waals surface area contributed by atoms with Crippen molar-refractivity contribution in [3.8, 4) is 0 Å². The van der Waals surface area contributed by atoms with Gasteiger partial charge in [-0.25, -0.2) is 0 Å². The van der Waals surface area contributed by atoms with Crippen molar-refractivity contribution in [1.29, 1.82) is 0 Å². The van der Waals surface area contributed by atoms with Gasteiger partial charge in [-0.15, -0.1) is 0 Å². The number of aliphatic hydroxyl groups is 1. The van der Waals surface area contributed by atoms with Gasteiger partial charge in [-0.3, -0.25) is 0 Å². The summed E-state index contributed by atoms with van der Waals surface area (Å²) in [6.45, 7) is 2.76. The van der Waals surface area contributed by atoms with Gasteiger partial charge in [0.2, 0.25) is 0 Å². The molecule has 0 amide bonds. The molecule has 0 saturated carbocycles. The molecule has 0 radical (unpaired) electrons. The highest BCUT2D eigenvalue weighted by molar-refractivity contribution is 4.66. The van der Waals surface area contributed by atoms with E-state index in [0.29, 0.717) is 25.9 Å². The summed E-state index contributed by atoms with van der Waals surface area (Å²) in [5.74, 6) is 0. The van der Waals surface area contributed by atoms with Crippen molar-refractivity contribution >= 4 is 0 Å². The molecular weight excluding hydrogens is 220 g/mol. The lowest BCUT2D eigenvalue weighted by Gasteiger charge is -2.12. The van der Waals surface area contributed by atoms with E-state index in [1.807, 2.05) is 0 Å². The zero-order valence-electron chi connectivity index (χ0n) is 10.9. The zero-order chi connectivity index (χ0) is 12.3. The second kappa shape index (κ2) is 9.83. The van der Waals surface area contributed by atoms with Crippen molar-refractivity contribution in [3.63, 3.8) is 0 Å². The molecule has 1 heterocycles. The van der Waals surface area contributed by atoms with Crippen LogP contribution >= 0.6 is 0 Å². The van der Waals surface area contributed by atoms with Crippen LogP contribution in [0.15, 0.2) is 0 Å². The Hall–Kier alpha value is -0.160. The van der Waals surface area contributed by atoms with Crippen LogP contribution in [0.1, 0.15) is 38.5 Å². The molecule has 0 spiro atoms. The van der Waals surface area contributed by atoms with Gasteiger partial charge in [-0.05, 0) is 38.5 Å². The second-order valence-electron chi connectivity index (χ2n) is 4.61. The topological polar surface area (TPSA) is 47.9 Å². The van der Waals surface area contributed by atoms with Crippen LogP contribution in [0.25, 0.3) is 0 Å². The van der Waals surface area contributed by atoms with Gasteiger partial charge in [0.15, 0.2) is 0 Å². The first kappa shape index (κ1) is 14.9. The molecule has 17 heavy (non-hydrogen) atoms. The molecule has 2 atom stereocenters. The Bertz CT molecular complexity index is 169. The van der Waals surface area contributed by atoms with Crippen molar-refractivity contribution in [2.24, 2.45) is 0 Å². The van der Waals surface area contributed by atoms with E-state index in [4.69, 9.17) is 14.2 Å². The molecule has 1 aliphatic heterocycles. The monoisotopic (exact) mass is 246 g/mol. The first-order valence-corrected chi connectivity index (χ1v) is 6.69. The molecule has 4 nitrogen and oxygen atoms in total. The molecular formula is C13H26O4.